The highest BCUT2D eigenvalue weighted by Crippen LogP contribution is 2.24. The monoisotopic (exact) mass is 373 g/mol. The van der Waals surface area contributed by atoms with Gasteiger partial charge in [0.25, 0.3) is 0 Å². The molecule has 0 spiro atoms. The highest BCUT2D eigenvalue weighted by atomic mass is 32.2. The second kappa shape index (κ2) is 9.33. The van der Waals surface area contributed by atoms with Crippen LogP contribution >= 0.6 is 11.8 Å². The van der Waals surface area contributed by atoms with E-state index in [0.717, 1.165) is 11.4 Å². The zero-order valence-electron chi connectivity index (χ0n) is 15.4. The molecule has 1 aromatic carbocycles. The average Bonchev–Trinajstić information content (AvgIpc) is 2.59. The molecule has 2 rings (SSSR count). The van der Waals surface area contributed by atoms with Crippen LogP contribution in [0.1, 0.15) is 42.0 Å². The molecule has 6 nitrogen and oxygen atoms in total. The summed E-state index contributed by atoms with van der Waals surface area (Å²) in [5.74, 6) is -0.497. The molecular formula is C19H23N3O3S. The van der Waals surface area contributed by atoms with Gasteiger partial charge in [0.2, 0.25) is 5.91 Å². The Bertz CT molecular complexity index is 758. The third kappa shape index (κ3) is 5.56. The number of nitrogens with zero attached hydrogens (tertiary/aromatic N) is 2. The number of nitrogens with one attached hydrogen (secondary N) is 1. The first-order valence-electron chi connectivity index (χ1n) is 8.50. The van der Waals surface area contributed by atoms with Crippen molar-refractivity contribution in [2.45, 2.75) is 44.5 Å². The summed E-state index contributed by atoms with van der Waals surface area (Å²) in [5.41, 5.74) is 2.84. The summed E-state index contributed by atoms with van der Waals surface area (Å²) in [6.45, 7) is 7.85. The van der Waals surface area contributed by atoms with Gasteiger partial charge in [-0.15, -0.1) is 0 Å². The lowest BCUT2D eigenvalue weighted by Crippen LogP contribution is -2.25. The number of carbonyl (C=O) groups is 2. The van der Waals surface area contributed by atoms with Crippen molar-refractivity contribution >= 4 is 29.3 Å². The fourth-order valence-electron chi connectivity index (χ4n) is 2.32. The molecule has 1 heterocycles. The fraction of sp³-hybridized carbons (Fsp3) is 0.368. The molecule has 0 saturated heterocycles. The van der Waals surface area contributed by atoms with Crippen molar-refractivity contribution in [3.63, 3.8) is 0 Å². The van der Waals surface area contributed by atoms with E-state index >= 15 is 0 Å². The lowest BCUT2D eigenvalue weighted by atomic mass is 10.2. The zero-order chi connectivity index (χ0) is 19.1. The molecular weight excluding hydrogens is 350 g/mol. The van der Waals surface area contributed by atoms with Gasteiger partial charge in [-0.1, -0.05) is 18.7 Å². The van der Waals surface area contributed by atoms with Crippen LogP contribution in [0.3, 0.4) is 0 Å². The summed E-state index contributed by atoms with van der Waals surface area (Å²) in [6, 6.07) is 8.54. The van der Waals surface area contributed by atoms with Crippen molar-refractivity contribution in [3.05, 3.63) is 47.3 Å². The summed E-state index contributed by atoms with van der Waals surface area (Å²) in [6.07, 6.45) is 0.647. The van der Waals surface area contributed by atoms with Gasteiger partial charge in [0.1, 0.15) is 0 Å². The summed E-state index contributed by atoms with van der Waals surface area (Å²) >= 11 is 1.35. The van der Waals surface area contributed by atoms with E-state index in [2.05, 4.69) is 15.3 Å². The number of esters is 1. The van der Waals surface area contributed by atoms with Crippen molar-refractivity contribution in [2.24, 2.45) is 0 Å². The van der Waals surface area contributed by atoms with Crippen LogP contribution in [-0.4, -0.2) is 33.7 Å². The predicted molar refractivity (Wildman–Crippen MR) is 102 cm³/mol. The molecule has 0 fully saturated rings. The fourth-order valence-corrected chi connectivity index (χ4v) is 3.30. The number of carbonyl (C=O) groups excluding carboxylic acids is 2. The van der Waals surface area contributed by atoms with Crippen molar-refractivity contribution in [2.75, 3.05) is 11.9 Å². The third-order valence-electron chi connectivity index (χ3n) is 3.54. The van der Waals surface area contributed by atoms with E-state index in [1.54, 1.807) is 31.2 Å². The number of amides is 1. The maximum Gasteiger partial charge on any atom is 0.338 e. The van der Waals surface area contributed by atoms with Crippen LogP contribution in [0.4, 0.5) is 5.69 Å². The Morgan fingerprint density at radius 2 is 1.73 bits per heavy atom. The number of hydrogen-bond donors (Lipinski definition) is 1. The quantitative estimate of drug-likeness (QED) is 0.452. The lowest BCUT2D eigenvalue weighted by Gasteiger charge is -2.14. The Balaban J connectivity index is 2.03. The van der Waals surface area contributed by atoms with Crippen LogP contribution in [0.25, 0.3) is 0 Å². The maximum absolute atomic E-state index is 12.6. The third-order valence-corrected chi connectivity index (χ3v) is 4.76. The molecule has 0 radical (unpaired) electrons. The molecule has 1 N–H and O–H groups in total. The van der Waals surface area contributed by atoms with Gasteiger partial charge in [0.15, 0.2) is 5.16 Å². The molecule has 1 aromatic heterocycles. The molecule has 138 valence electrons. The van der Waals surface area contributed by atoms with E-state index in [9.17, 15) is 9.59 Å². The van der Waals surface area contributed by atoms with Gasteiger partial charge >= 0.3 is 5.97 Å². The van der Waals surface area contributed by atoms with Gasteiger partial charge in [-0.05, 0) is 57.5 Å². The van der Waals surface area contributed by atoms with Crippen LogP contribution in [0.15, 0.2) is 35.5 Å². The van der Waals surface area contributed by atoms with Gasteiger partial charge in [-0.2, -0.15) is 0 Å². The molecule has 2 aromatic rings. The van der Waals surface area contributed by atoms with Crippen LogP contribution in [-0.2, 0) is 9.53 Å². The SMILES string of the molecule is CCOC(=O)c1ccc(NC(=O)[C@@H](CC)Sc2nc(C)cc(C)n2)cc1. The van der Waals surface area contributed by atoms with Crippen molar-refractivity contribution in [1.82, 2.24) is 9.97 Å². The summed E-state index contributed by atoms with van der Waals surface area (Å²) in [7, 11) is 0. The van der Waals surface area contributed by atoms with Crippen LogP contribution in [0, 0.1) is 13.8 Å². The number of thioether (sulfide) groups is 1. The van der Waals surface area contributed by atoms with Gasteiger partial charge in [0.05, 0.1) is 17.4 Å². The summed E-state index contributed by atoms with van der Waals surface area (Å²) in [4.78, 5) is 33.0. The first-order chi connectivity index (χ1) is 12.4. The Morgan fingerprint density at radius 1 is 1.12 bits per heavy atom. The van der Waals surface area contributed by atoms with Crippen LogP contribution in [0.2, 0.25) is 0 Å². The van der Waals surface area contributed by atoms with Gasteiger partial charge in [0, 0.05) is 17.1 Å². The minimum absolute atomic E-state index is 0.121. The lowest BCUT2D eigenvalue weighted by molar-refractivity contribution is -0.115. The molecule has 7 heteroatoms. The van der Waals surface area contributed by atoms with Crippen molar-refractivity contribution in [3.8, 4) is 0 Å². The largest absolute Gasteiger partial charge is 0.462 e. The smallest absolute Gasteiger partial charge is 0.338 e. The molecule has 1 atom stereocenters. The normalized spacial score (nSPS) is 11.7. The Hall–Kier alpha value is -2.41. The maximum atomic E-state index is 12.6. The number of rotatable bonds is 7. The second-order valence-corrected chi connectivity index (χ2v) is 6.90. The molecule has 0 aliphatic heterocycles. The van der Waals surface area contributed by atoms with Crippen molar-refractivity contribution in [1.29, 1.82) is 0 Å². The van der Waals surface area contributed by atoms with Gasteiger partial charge in [-0.25, -0.2) is 14.8 Å². The second-order valence-electron chi connectivity index (χ2n) is 5.74. The number of ether oxygens (including phenoxy) is 1. The van der Waals surface area contributed by atoms with Crippen LogP contribution < -0.4 is 5.32 Å². The molecule has 26 heavy (non-hydrogen) atoms. The summed E-state index contributed by atoms with van der Waals surface area (Å²) < 4.78 is 4.95. The number of anilines is 1. The molecule has 0 aliphatic rings. The number of aromatic nitrogens is 2. The van der Waals surface area contributed by atoms with Gasteiger partial charge in [-0.3, -0.25) is 4.79 Å². The van der Waals surface area contributed by atoms with Crippen molar-refractivity contribution < 1.29 is 14.3 Å². The zero-order valence-corrected chi connectivity index (χ0v) is 16.2. The Morgan fingerprint density at radius 3 is 2.27 bits per heavy atom. The number of benzene rings is 1. The van der Waals surface area contributed by atoms with E-state index in [-0.39, 0.29) is 17.1 Å². The minimum atomic E-state index is -0.376. The Kier molecular flexibility index (Phi) is 7.15. The molecule has 0 bridgehead atoms. The first kappa shape index (κ1) is 19.9. The van der Waals surface area contributed by atoms with Crippen LogP contribution in [0.5, 0.6) is 0 Å². The molecule has 1 amide bonds. The average molecular weight is 373 g/mol. The highest BCUT2D eigenvalue weighted by Gasteiger charge is 2.20. The minimum Gasteiger partial charge on any atom is -0.462 e. The first-order valence-corrected chi connectivity index (χ1v) is 9.37. The molecule has 0 saturated carbocycles. The summed E-state index contributed by atoms with van der Waals surface area (Å²) in [5, 5.41) is 3.17. The topological polar surface area (TPSA) is 81.2 Å². The van der Waals surface area contributed by atoms with E-state index in [0.29, 0.717) is 29.4 Å². The standard InChI is InChI=1S/C19H23N3O3S/c1-5-16(26-19-20-12(3)11-13(4)21-19)17(23)22-15-9-7-14(8-10-15)18(24)25-6-2/h7-11,16H,5-6H2,1-4H3,(H,22,23)/t16-/m1/s1. The molecule has 0 unspecified atom stereocenters. The van der Waals surface area contributed by atoms with E-state index in [1.165, 1.54) is 11.8 Å². The van der Waals surface area contributed by atoms with Gasteiger partial charge < -0.3 is 10.1 Å². The van der Waals surface area contributed by atoms with E-state index in [4.69, 9.17) is 4.74 Å². The predicted octanol–water partition coefficient (Wildman–Crippen LogP) is 3.78. The number of aryl methyl sites for hydroxylation is 2. The molecule has 0 aliphatic carbocycles. The number of hydrogen-bond acceptors (Lipinski definition) is 6. The van der Waals surface area contributed by atoms with E-state index in [1.807, 2.05) is 26.8 Å². The van der Waals surface area contributed by atoms with E-state index < -0.39 is 0 Å². The Labute approximate surface area is 157 Å². The highest BCUT2D eigenvalue weighted by molar-refractivity contribution is 8.00.